The van der Waals surface area contributed by atoms with Gasteiger partial charge in [-0.1, -0.05) is 19.1 Å². The molecule has 0 aliphatic rings. The molecule has 0 radical (unpaired) electrons. The van der Waals surface area contributed by atoms with Crippen molar-refractivity contribution in [2.75, 3.05) is 0 Å². The predicted octanol–water partition coefficient (Wildman–Crippen LogP) is 3.51. The van der Waals surface area contributed by atoms with Gasteiger partial charge in [-0.15, -0.1) is 0 Å². The van der Waals surface area contributed by atoms with Gasteiger partial charge < -0.3 is 0 Å². The lowest BCUT2D eigenvalue weighted by Crippen LogP contribution is -2.31. The third-order valence-electron chi connectivity index (χ3n) is 3.00. The van der Waals surface area contributed by atoms with Crippen LogP contribution >= 0.6 is 31.9 Å². The molecule has 1 unspecified atom stereocenters. The molecular formula is C13H15Br2FN4. The van der Waals surface area contributed by atoms with Crippen LogP contribution in [0.2, 0.25) is 0 Å². The molecule has 0 amide bonds. The SMILES string of the molecule is CCCn1ncc(Br)c1C(NN)c1cccc(F)c1Br. The molecule has 1 atom stereocenters. The second-order valence-electron chi connectivity index (χ2n) is 4.34. The van der Waals surface area contributed by atoms with Crippen molar-refractivity contribution in [1.29, 1.82) is 0 Å². The van der Waals surface area contributed by atoms with Crippen molar-refractivity contribution in [3.8, 4) is 0 Å². The van der Waals surface area contributed by atoms with Crippen molar-refractivity contribution < 1.29 is 4.39 Å². The number of aryl methyl sites for hydroxylation is 1. The molecule has 4 nitrogen and oxygen atoms in total. The maximum atomic E-state index is 13.7. The molecule has 2 aromatic rings. The van der Waals surface area contributed by atoms with Crippen LogP contribution in [0, 0.1) is 5.82 Å². The van der Waals surface area contributed by atoms with Crippen LogP contribution in [0.25, 0.3) is 0 Å². The van der Waals surface area contributed by atoms with E-state index in [1.807, 2.05) is 10.7 Å². The summed E-state index contributed by atoms with van der Waals surface area (Å²) in [5.74, 6) is 5.37. The van der Waals surface area contributed by atoms with E-state index >= 15 is 0 Å². The Hall–Kier alpha value is -0.760. The van der Waals surface area contributed by atoms with Gasteiger partial charge in [0, 0.05) is 6.54 Å². The highest BCUT2D eigenvalue weighted by atomic mass is 79.9. The van der Waals surface area contributed by atoms with Crippen LogP contribution in [0.3, 0.4) is 0 Å². The van der Waals surface area contributed by atoms with Crippen molar-refractivity contribution in [2.24, 2.45) is 5.84 Å². The average Bonchev–Trinajstić information content (AvgIpc) is 2.78. The summed E-state index contributed by atoms with van der Waals surface area (Å²) in [6.45, 7) is 2.84. The minimum Gasteiger partial charge on any atom is -0.271 e. The minimum atomic E-state index is -0.358. The summed E-state index contributed by atoms with van der Waals surface area (Å²) < 4.78 is 16.8. The van der Waals surface area contributed by atoms with E-state index in [9.17, 15) is 4.39 Å². The summed E-state index contributed by atoms with van der Waals surface area (Å²) in [5, 5.41) is 4.32. The molecular weight excluding hydrogens is 391 g/mol. The summed E-state index contributed by atoms with van der Waals surface area (Å²) in [6, 6.07) is 4.53. The van der Waals surface area contributed by atoms with Gasteiger partial charge in [0.05, 0.1) is 26.9 Å². The first kappa shape index (κ1) is 15.6. The van der Waals surface area contributed by atoms with Gasteiger partial charge in [0.1, 0.15) is 5.82 Å². The molecule has 0 saturated heterocycles. The zero-order chi connectivity index (χ0) is 14.7. The van der Waals surface area contributed by atoms with Gasteiger partial charge >= 0.3 is 0 Å². The predicted molar refractivity (Wildman–Crippen MR) is 83.5 cm³/mol. The Morgan fingerprint density at radius 3 is 2.85 bits per heavy atom. The van der Waals surface area contributed by atoms with Crippen LogP contribution in [-0.4, -0.2) is 9.78 Å². The number of hydrogen-bond donors (Lipinski definition) is 2. The molecule has 1 aromatic carbocycles. The van der Waals surface area contributed by atoms with Crippen LogP contribution in [0.1, 0.15) is 30.6 Å². The van der Waals surface area contributed by atoms with Gasteiger partial charge in [-0.2, -0.15) is 5.10 Å². The van der Waals surface area contributed by atoms with E-state index in [1.54, 1.807) is 12.3 Å². The Kier molecular flexibility index (Phi) is 5.31. The van der Waals surface area contributed by atoms with Crippen molar-refractivity contribution in [3.63, 3.8) is 0 Å². The summed E-state index contributed by atoms with van der Waals surface area (Å²) in [5.41, 5.74) is 4.34. The number of nitrogens with one attached hydrogen (secondary N) is 1. The Labute approximate surface area is 133 Å². The van der Waals surface area contributed by atoms with E-state index in [0.717, 1.165) is 28.7 Å². The number of aromatic nitrogens is 2. The Morgan fingerprint density at radius 2 is 2.20 bits per heavy atom. The maximum absolute atomic E-state index is 13.7. The molecule has 3 N–H and O–H groups in total. The molecule has 0 spiro atoms. The lowest BCUT2D eigenvalue weighted by Gasteiger charge is -2.20. The van der Waals surface area contributed by atoms with Crippen LogP contribution < -0.4 is 11.3 Å². The third-order valence-corrected chi connectivity index (χ3v) is 4.45. The molecule has 0 bridgehead atoms. The van der Waals surface area contributed by atoms with Crippen molar-refractivity contribution in [1.82, 2.24) is 15.2 Å². The molecule has 108 valence electrons. The van der Waals surface area contributed by atoms with E-state index < -0.39 is 0 Å². The van der Waals surface area contributed by atoms with Crippen LogP contribution in [-0.2, 0) is 6.54 Å². The highest BCUT2D eigenvalue weighted by Gasteiger charge is 2.23. The molecule has 1 aromatic heterocycles. The molecule has 0 aliphatic carbocycles. The number of hydrazine groups is 1. The van der Waals surface area contributed by atoms with Crippen LogP contribution in [0.4, 0.5) is 4.39 Å². The van der Waals surface area contributed by atoms with Gasteiger partial charge in [0.15, 0.2) is 0 Å². The lowest BCUT2D eigenvalue weighted by atomic mass is 10.0. The summed E-state index contributed by atoms with van der Waals surface area (Å²) in [4.78, 5) is 0. The molecule has 0 saturated carbocycles. The molecule has 0 aliphatic heterocycles. The topological polar surface area (TPSA) is 55.9 Å². The van der Waals surface area contributed by atoms with E-state index in [2.05, 4.69) is 49.3 Å². The van der Waals surface area contributed by atoms with Gasteiger partial charge in [-0.05, 0) is 49.9 Å². The number of rotatable bonds is 5. The Balaban J connectivity index is 2.52. The summed E-state index contributed by atoms with van der Waals surface area (Å²) >= 11 is 6.76. The third kappa shape index (κ3) is 2.95. The number of benzene rings is 1. The molecule has 0 fully saturated rings. The zero-order valence-corrected chi connectivity index (χ0v) is 14.1. The first-order valence-corrected chi connectivity index (χ1v) is 7.80. The highest BCUT2D eigenvalue weighted by Crippen LogP contribution is 2.33. The van der Waals surface area contributed by atoms with Gasteiger partial charge in [0.2, 0.25) is 0 Å². The quantitative estimate of drug-likeness (QED) is 0.591. The number of halogens is 3. The van der Waals surface area contributed by atoms with Gasteiger partial charge in [0.25, 0.3) is 0 Å². The monoisotopic (exact) mass is 404 g/mol. The normalized spacial score (nSPS) is 12.7. The number of hydrogen-bond acceptors (Lipinski definition) is 3. The van der Waals surface area contributed by atoms with E-state index in [0.29, 0.717) is 4.47 Å². The fraction of sp³-hybridized carbons (Fsp3) is 0.308. The standard InChI is InChI=1S/C13H15Br2FN4/c1-2-6-20-13(9(14)7-18-20)12(19-17)8-4-3-5-10(16)11(8)15/h3-5,7,12,19H,2,6,17H2,1H3. The minimum absolute atomic E-state index is 0.319. The first-order valence-electron chi connectivity index (χ1n) is 6.21. The van der Waals surface area contributed by atoms with Crippen LogP contribution in [0.5, 0.6) is 0 Å². The van der Waals surface area contributed by atoms with Crippen molar-refractivity contribution >= 4 is 31.9 Å². The Bertz CT molecular complexity index is 600. The van der Waals surface area contributed by atoms with Crippen molar-refractivity contribution in [2.45, 2.75) is 25.9 Å². The number of nitrogens with two attached hydrogens (primary N) is 1. The number of nitrogens with zero attached hydrogens (tertiary/aromatic N) is 2. The zero-order valence-electron chi connectivity index (χ0n) is 10.9. The fourth-order valence-electron chi connectivity index (χ4n) is 2.11. The second kappa shape index (κ2) is 6.80. The lowest BCUT2D eigenvalue weighted by molar-refractivity contribution is 0.515. The maximum Gasteiger partial charge on any atom is 0.137 e. The molecule has 1 heterocycles. The smallest absolute Gasteiger partial charge is 0.137 e. The molecule has 20 heavy (non-hydrogen) atoms. The first-order chi connectivity index (χ1) is 9.60. The molecule has 2 rings (SSSR count). The molecule has 7 heteroatoms. The average molecular weight is 406 g/mol. The fourth-order valence-corrected chi connectivity index (χ4v) is 3.13. The summed E-state index contributed by atoms with van der Waals surface area (Å²) in [6.07, 6.45) is 2.67. The Morgan fingerprint density at radius 1 is 1.45 bits per heavy atom. The highest BCUT2D eigenvalue weighted by molar-refractivity contribution is 9.10. The van der Waals surface area contributed by atoms with Gasteiger partial charge in [-0.25, -0.2) is 9.82 Å². The summed E-state index contributed by atoms with van der Waals surface area (Å²) in [7, 11) is 0. The van der Waals surface area contributed by atoms with E-state index in [1.165, 1.54) is 6.07 Å². The van der Waals surface area contributed by atoms with E-state index in [-0.39, 0.29) is 11.9 Å². The van der Waals surface area contributed by atoms with Crippen LogP contribution in [0.15, 0.2) is 33.3 Å². The largest absolute Gasteiger partial charge is 0.271 e. The van der Waals surface area contributed by atoms with Gasteiger partial charge in [-0.3, -0.25) is 10.5 Å². The second-order valence-corrected chi connectivity index (χ2v) is 5.99. The van der Waals surface area contributed by atoms with E-state index in [4.69, 9.17) is 5.84 Å². The van der Waals surface area contributed by atoms with Crippen molar-refractivity contribution in [3.05, 3.63) is 50.4 Å².